The van der Waals surface area contributed by atoms with Crippen molar-refractivity contribution in [3.05, 3.63) is 35.9 Å². The van der Waals surface area contributed by atoms with E-state index in [2.05, 4.69) is 5.32 Å². The summed E-state index contributed by atoms with van der Waals surface area (Å²) >= 11 is 0. The molecule has 5 heteroatoms. The highest BCUT2D eigenvalue weighted by Crippen LogP contribution is 2.11. The van der Waals surface area contributed by atoms with E-state index < -0.39 is 0 Å². The first-order chi connectivity index (χ1) is 10.7. The van der Waals surface area contributed by atoms with Crippen LogP contribution in [0, 0.1) is 0 Å². The topological polar surface area (TPSA) is 50.8 Å². The predicted molar refractivity (Wildman–Crippen MR) is 85.6 cm³/mol. The second kappa shape index (κ2) is 8.88. The van der Waals surface area contributed by atoms with Crippen molar-refractivity contribution in [3.63, 3.8) is 0 Å². The van der Waals surface area contributed by atoms with Crippen molar-refractivity contribution in [2.75, 3.05) is 33.4 Å². The first-order valence-corrected chi connectivity index (χ1v) is 7.87. The molecule has 0 aromatic heterocycles. The fraction of sp³-hybridized carbons (Fsp3) is 0.588. The number of ether oxygens (including phenoxy) is 2. The molecule has 5 nitrogen and oxygen atoms in total. The number of amides is 1. The van der Waals surface area contributed by atoms with Crippen LogP contribution in [0.2, 0.25) is 0 Å². The Labute approximate surface area is 132 Å². The van der Waals surface area contributed by atoms with Crippen molar-refractivity contribution < 1.29 is 14.3 Å². The van der Waals surface area contributed by atoms with Crippen molar-refractivity contribution >= 4 is 5.91 Å². The van der Waals surface area contributed by atoms with Crippen LogP contribution in [0.25, 0.3) is 0 Å². The number of carbonyl (C=O) groups is 1. The van der Waals surface area contributed by atoms with E-state index in [1.807, 2.05) is 42.2 Å². The lowest BCUT2D eigenvalue weighted by Crippen LogP contribution is -2.58. The minimum Gasteiger partial charge on any atom is -0.383 e. The van der Waals surface area contributed by atoms with E-state index in [-0.39, 0.29) is 18.0 Å². The summed E-state index contributed by atoms with van der Waals surface area (Å²) in [5, 5.41) is 3.18. The Balaban J connectivity index is 1.80. The molecule has 0 spiro atoms. The molecule has 0 saturated carbocycles. The summed E-state index contributed by atoms with van der Waals surface area (Å²) in [6.45, 7) is 5.24. The highest BCUT2D eigenvalue weighted by Gasteiger charge is 2.30. The first kappa shape index (κ1) is 16.9. The van der Waals surface area contributed by atoms with Crippen molar-refractivity contribution in [3.8, 4) is 0 Å². The van der Waals surface area contributed by atoms with Crippen LogP contribution in [0.1, 0.15) is 18.9 Å². The predicted octanol–water partition coefficient (Wildman–Crippen LogP) is 1.43. The Kier molecular flexibility index (Phi) is 6.83. The Morgan fingerprint density at radius 3 is 2.86 bits per heavy atom. The molecule has 1 heterocycles. The summed E-state index contributed by atoms with van der Waals surface area (Å²) in [6.07, 6.45) is 0.791. The molecule has 0 aliphatic carbocycles. The fourth-order valence-electron chi connectivity index (χ4n) is 2.72. The Morgan fingerprint density at radius 1 is 1.36 bits per heavy atom. The summed E-state index contributed by atoms with van der Waals surface area (Å²) in [5.41, 5.74) is 1.16. The number of hydrogen-bond acceptors (Lipinski definition) is 4. The standard InChI is InChI=1S/C17H26N2O3/c1-14-17(20)19(10-9-18-14)16(13-21-2)8-11-22-12-15-6-4-3-5-7-15/h3-7,14,16,18H,8-13H2,1-2H3/t14-,16+/m1/s1. The van der Waals surface area contributed by atoms with Crippen molar-refractivity contribution in [2.45, 2.75) is 32.0 Å². The molecule has 1 saturated heterocycles. The maximum Gasteiger partial charge on any atom is 0.239 e. The van der Waals surface area contributed by atoms with Gasteiger partial charge in [-0.2, -0.15) is 0 Å². The molecule has 2 rings (SSSR count). The molecule has 0 radical (unpaired) electrons. The molecular formula is C17H26N2O3. The first-order valence-electron chi connectivity index (χ1n) is 7.87. The van der Waals surface area contributed by atoms with Crippen LogP contribution in [0.3, 0.4) is 0 Å². The lowest BCUT2D eigenvalue weighted by molar-refractivity contribution is -0.139. The molecule has 0 bridgehead atoms. The molecule has 1 amide bonds. The van der Waals surface area contributed by atoms with E-state index >= 15 is 0 Å². The van der Waals surface area contributed by atoms with Gasteiger partial charge in [0.2, 0.25) is 5.91 Å². The number of methoxy groups -OCH3 is 1. The Morgan fingerprint density at radius 2 is 2.14 bits per heavy atom. The van der Waals surface area contributed by atoms with Gasteiger partial charge >= 0.3 is 0 Å². The maximum atomic E-state index is 12.3. The van der Waals surface area contributed by atoms with E-state index in [0.29, 0.717) is 19.8 Å². The Bertz CT molecular complexity index is 452. The molecule has 1 fully saturated rings. The van der Waals surface area contributed by atoms with Crippen LogP contribution in [-0.4, -0.2) is 56.3 Å². The number of rotatable bonds is 8. The zero-order valence-corrected chi connectivity index (χ0v) is 13.5. The largest absolute Gasteiger partial charge is 0.383 e. The number of hydrogen-bond donors (Lipinski definition) is 1. The van der Waals surface area contributed by atoms with Gasteiger partial charge in [0.25, 0.3) is 0 Å². The van der Waals surface area contributed by atoms with Gasteiger partial charge in [0.05, 0.1) is 25.3 Å². The minimum absolute atomic E-state index is 0.0813. The number of benzene rings is 1. The van der Waals surface area contributed by atoms with Gasteiger partial charge in [-0.1, -0.05) is 30.3 Å². The third-order valence-corrected chi connectivity index (χ3v) is 3.96. The normalized spacial score (nSPS) is 20.2. The minimum atomic E-state index is -0.113. The van der Waals surface area contributed by atoms with E-state index in [4.69, 9.17) is 9.47 Å². The highest BCUT2D eigenvalue weighted by molar-refractivity contribution is 5.82. The third-order valence-electron chi connectivity index (χ3n) is 3.96. The number of piperazine rings is 1. The van der Waals surface area contributed by atoms with E-state index in [1.54, 1.807) is 7.11 Å². The van der Waals surface area contributed by atoms with Gasteiger partial charge in [-0.15, -0.1) is 0 Å². The van der Waals surface area contributed by atoms with Gasteiger partial charge in [-0.3, -0.25) is 4.79 Å². The van der Waals surface area contributed by atoms with E-state index in [1.165, 1.54) is 0 Å². The third kappa shape index (κ3) is 4.80. The second-order valence-corrected chi connectivity index (χ2v) is 5.64. The molecular weight excluding hydrogens is 280 g/mol. The van der Waals surface area contributed by atoms with E-state index in [9.17, 15) is 4.79 Å². The SMILES string of the molecule is COC[C@H](CCOCc1ccccc1)N1CCN[C@H](C)C1=O. The molecule has 1 aromatic rings. The summed E-state index contributed by atoms with van der Waals surface area (Å²) in [4.78, 5) is 14.2. The number of nitrogens with one attached hydrogen (secondary N) is 1. The average Bonchev–Trinajstić information content (AvgIpc) is 2.54. The van der Waals surface area contributed by atoms with Crippen LogP contribution in [0.4, 0.5) is 0 Å². The Hall–Kier alpha value is -1.43. The molecule has 22 heavy (non-hydrogen) atoms. The monoisotopic (exact) mass is 306 g/mol. The average molecular weight is 306 g/mol. The molecule has 2 atom stereocenters. The molecule has 1 aliphatic rings. The zero-order valence-electron chi connectivity index (χ0n) is 13.5. The smallest absolute Gasteiger partial charge is 0.239 e. The quantitative estimate of drug-likeness (QED) is 0.738. The van der Waals surface area contributed by atoms with Crippen molar-refractivity contribution in [1.29, 1.82) is 0 Å². The van der Waals surface area contributed by atoms with Crippen LogP contribution in [0.15, 0.2) is 30.3 Å². The van der Waals surface area contributed by atoms with Gasteiger partial charge in [-0.25, -0.2) is 0 Å². The molecule has 1 aliphatic heterocycles. The van der Waals surface area contributed by atoms with Crippen molar-refractivity contribution in [2.24, 2.45) is 0 Å². The molecule has 0 unspecified atom stereocenters. The van der Waals surface area contributed by atoms with Gasteiger partial charge in [0.1, 0.15) is 0 Å². The molecule has 1 aromatic carbocycles. The van der Waals surface area contributed by atoms with Crippen molar-refractivity contribution in [1.82, 2.24) is 10.2 Å². The second-order valence-electron chi connectivity index (χ2n) is 5.64. The van der Waals surface area contributed by atoms with Crippen LogP contribution < -0.4 is 5.32 Å². The van der Waals surface area contributed by atoms with Gasteiger partial charge in [-0.05, 0) is 18.9 Å². The lowest BCUT2D eigenvalue weighted by Gasteiger charge is -2.37. The summed E-state index contributed by atoms with van der Waals surface area (Å²) in [5.74, 6) is 0.149. The van der Waals surface area contributed by atoms with Gasteiger partial charge in [0.15, 0.2) is 0 Å². The van der Waals surface area contributed by atoms with Crippen LogP contribution in [0.5, 0.6) is 0 Å². The molecule has 122 valence electrons. The fourth-order valence-corrected chi connectivity index (χ4v) is 2.72. The summed E-state index contributed by atoms with van der Waals surface area (Å²) in [7, 11) is 1.67. The van der Waals surface area contributed by atoms with Crippen LogP contribution >= 0.6 is 0 Å². The highest BCUT2D eigenvalue weighted by atomic mass is 16.5. The number of nitrogens with zero attached hydrogens (tertiary/aromatic N) is 1. The summed E-state index contributed by atoms with van der Waals surface area (Å²) in [6, 6.07) is 10.1. The molecule has 1 N–H and O–H groups in total. The maximum absolute atomic E-state index is 12.3. The number of carbonyl (C=O) groups excluding carboxylic acids is 1. The van der Waals surface area contributed by atoms with Gasteiger partial charge in [0, 0.05) is 26.8 Å². The van der Waals surface area contributed by atoms with Crippen LogP contribution in [-0.2, 0) is 20.9 Å². The van der Waals surface area contributed by atoms with E-state index in [0.717, 1.165) is 25.1 Å². The zero-order chi connectivity index (χ0) is 15.8. The lowest BCUT2D eigenvalue weighted by atomic mass is 10.1. The summed E-state index contributed by atoms with van der Waals surface area (Å²) < 4.78 is 11.0. The van der Waals surface area contributed by atoms with Gasteiger partial charge < -0.3 is 19.7 Å².